The molecule has 11 nitrogen and oxygen atoms in total. The van der Waals surface area contributed by atoms with Crippen molar-refractivity contribution in [1.29, 1.82) is 0 Å². The Kier molecular flexibility index (Phi) is 15.4. The molecule has 0 amide bonds. The molecule has 19 heteroatoms. The minimum Gasteiger partial charge on any atom is -0.494 e. The maximum atomic E-state index is 13.0. The van der Waals surface area contributed by atoms with Gasteiger partial charge in [-0.3, -0.25) is 0 Å². The third-order valence-corrected chi connectivity index (χ3v) is 16.6. The molecule has 0 atom stereocenters. The van der Waals surface area contributed by atoms with Crippen LogP contribution in [0.5, 0.6) is 5.75 Å². The summed E-state index contributed by atoms with van der Waals surface area (Å²) in [6, 6.07) is 25.2. The van der Waals surface area contributed by atoms with Crippen LogP contribution in [0.15, 0.2) is 105 Å². The summed E-state index contributed by atoms with van der Waals surface area (Å²) in [5.41, 5.74) is 5.30. The van der Waals surface area contributed by atoms with Crippen LogP contribution < -0.4 is 14.5 Å². The maximum absolute atomic E-state index is 13.0. The first-order valence-corrected chi connectivity index (χ1v) is 26.0. The number of sulfonamides is 2. The largest absolute Gasteiger partial charge is 0.494 e. The van der Waals surface area contributed by atoms with E-state index in [1.807, 2.05) is 36.6 Å². The van der Waals surface area contributed by atoms with E-state index >= 15 is 0 Å². The summed E-state index contributed by atoms with van der Waals surface area (Å²) in [5.74, 6) is 0.833. The van der Waals surface area contributed by atoms with Crippen molar-refractivity contribution in [1.82, 2.24) is 18.6 Å². The topological polar surface area (TPSA) is 116 Å². The number of nitrogens with zero attached hydrogens (tertiary/aromatic N) is 6. The van der Waals surface area contributed by atoms with Crippen molar-refractivity contribution in [2.24, 2.45) is 0 Å². The van der Waals surface area contributed by atoms with Gasteiger partial charge in [0.1, 0.15) is 5.75 Å². The fraction of sp³-hybridized carbons (Fsp3) is 0.302. The average molecular weight is 995 g/mol. The zero-order valence-electron chi connectivity index (χ0n) is 33.9. The van der Waals surface area contributed by atoms with Crippen LogP contribution in [0.4, 0.5) is 10.3 Å². The molecule has 2 aromatic heterocycles. The van der Waals surface area contributed by atoms with E-state index in [0.29, 0.717) is 79.1 Å². The number of piperazine rings is 2. The molecular formula is C43H44Cl4N6O5S4. The second kappa shape index (κ2) is 20.6. The highest BCUT2D eigenvalue weighted by molar-refractivity contribution is 7.89. The van der Waals surface area contributed by atoms with E-state index in [4.69, 9.17) is 61.1 Å². The predicted molar refractivity (Wildman–Crippen MR) is 255 cm³/mol. The van der Waals surface area contributed by atoms with Crippen LogP contribution in [0.1, 0.15) is 25.8 Å². The Bertz CT molecular complexity index is 2460. The molecule has 6 aromatic rings. The Morgan fingerprint density at radius 1 is 0.565 bits per heavy atom. The van der Waals surface area contributed by atoms with Gasteiger partial charge in [0.25, 0.3) is 0 Å². The van der Waals surface area contributed by atoms with Crippen LogP contribution >= 0.6 is 69.1 Å². The van der Waals surface area contributed by atoms with Crippen molar-refractivity contribution in [3.8, 4) is 28.3 Å². The van der Waals surface area contributed by atoms with E-state index in [1.165, 1.54) is 50.6 Å². The van der Waals surface area contributed by atoms with Gasteiger partial charge in [0.15, 0.2) is 10.3 Å². The van der Waals surface area contributed by atoms with E-state index in [9.17, 15) is 16.8 Å². The van der Waals surface area contributed by atoms with E-state index in [0.717, 1.165) is 51.4 Å². The van der Waals surface area contributed by atoms with Crippen molar-refractivity contribution in [3.05, 3.63) is 121 Å². The number of thiazole rings is 2. The summed E-state index contributed by atoms with van der Waals surface area (Å²) in [4.78, 5) is 14.0. The molecule has 2 aliphatic rings. The second-order valence-corrected chi connectivity index (χ2v) is 21.7. The zero-order chi connectivity index (χ0) is 44.0. The quantitative estimate of drug-likeness (QED) is 0.118. The van der Waals surface area contributed by atoms with Crippen LogP contribution in [0.3, 0.4) is 0 Å². The number of hydrogen-bond donors (Lipinski definition) is 0. The smallest absolute Gasteiger partial charge is 0.243 e. The highest BCUT2D eigenvalue weighted by atomic mass is 35.5. The molecule has 2 aliphatic heterocycles. The molecule has 0 unspecified atom stereocenters. The normalized spacial score (nSPS) is 15.3. The summed E-state index contributed by atoms with van der Waals surface area (Å²) in [6.45, 7) is 8.53. The van der Waals surface area contributed by atoms with E-state index in [2.05, 4.69) is 46.4 Å². The molecule has 0 saturated carbocycles. The molecular weight excluding hydrogens is 951 g/mol. The number of benzene rings is 4. The van der Waals surface area contributed by atoms with Crippen LogP contribution in [-0.4, -0.2) is 94.4 Å². The Labute approximate surface area is 391 Å². The molecule has 0 bridgehead atoms. The van der Waals surface area contributed by atoms with E-state index < -0.39 is 20.0 Å². The first-order valence-electron chi connectivity index (χ1n) is 19.9. The number of ether oxygens (including phenoxy) is 1. The third kappa shape index (κ3) is 11.2. The molecule has 4 aromatic carbocycles. The van der Waals surface area contributed by atoms with Crippen molar-refractivity contribution < 1.29 is 21.6 Å². The van der Waals surface area contributed by atoms with Gasteiger partial charge in [0.2, 0.25) is 20.0 Å². The first kappa shape index (κ1) is 46.5. The molecule has 2 saturated heterocycles. The van der Waals surface area contributed by atoms with Crippen LogP contribution in [0.2, 0.25) is 20.1 Å². The number of hydrogen-bond acceptors (Lipinski definition) is 11. The SMILES string of the molecule is CCCc1ccc(-c2csc(N3CCN(S(=O)(=O)c4cc(Cl)cc(Cl)c4)CC3)n2)cc1.CCOc1ccc(-c2csc(N3CCN(S(=O)(=O)c4cc(Cl)cc(Cl)c4)CC3)n2)cc1. The van der Waals surface area contributed by atoms with Crippen molar-refractivity contribution >= 4 is 99.4 Å². The summed E-state index contributed by atoms with van der Waals surface area (Å²) < 4.78 is 60.3. The third-order valence-electron chi connectivity index (χ3n) is 10.2. The van der Waals surface area contributed by atoms with Gasteiger partial charge in [0.05, 0.1) is 27.8 Å². The van der Waals surface area contributed by atoms with E-state index in [1.54, 1.807) is 22.7 Å². The van der Waals surface area contributed by atoms with Gasteiger partial charge in [-0.25, -0.2) is 26.8 Å². The molecule has 328 valence electrons. The lowest BCUT2D eigenvalue weighted by Gasteiger charge is -2.33. The highest BCUT2D eigenvalue weighted by Crippen LogP contribution is 2.33. The number of aromatic nitrogens is 2. The first-order chi connectivity index (χ1) is 29.7. The van der Waals surface area contributed by atoms with Gasteiger partial charge in [-0.2, -0.15) is 8.61 Å². The predicted octanol–water partition coefficient (Wildman–Crippen LogP) is 10.6. The minimum atomic E-state index is -3.65. The number of aryl methyl sites for hydroxylation is 1. The maximum Gasteiger partial charge on any atom is 0.243 e. The van der Waals surface area contributed by atoms with Gasteiger partial charge in [-0.05, 0) is 79.6 Å². The van der Waals surface area contributed by atoms with Crippen molar-refractivity contribution in [3.63, 3.8) is 0 Å². The number of halogens is 4. The summed E-state index contributed by atoms with van der Waals surface area (Å²) in [5, 5.41) is 7.08. The van der Waals surface area contributed by atoms with Crippen molar-refractivity contribution in [2.45, 2.75) is 36.5 Å². The monoisotopic (exact) mass is 992 g/mol. The zero-order valence-corrected chi connectivity index (χ0v) is 40.2. The lowest BCUT2D eigenvalue weighted by Crippen LogP contribution is -2.48. The molecule has 8 rings (SSSR count). The summed E-state index contributed by atoms with van der Waals surface area (Å²) in [6.07, 6.45) is 2.21. The Morgan fingerprint density at radius 3 is 1.32 bits per heavy atom. The average Bonchev–Trinajstić information content (AvgIpc) is 3.96. The molecule has 0 N–H and O–H groups in total. The lowest BCUT2D eigenvalue weighted by molar-refractivity contribution is 0.340. The van der Waals surface area contributed by atoms with Crippen LogP contribution in [0.25, 0.3) is 22.5 Å². The standard InChI is InChI=1S/C22H23Cl2N3O2S2.C21H21Cl2N3O3S2/c1-2-3-16-4-6-17(7-5-16)21-15-30-22(25-21)26-8-10-27(11-9-26)31(28,29)20-13-18(23)12-19(24)14-20;1-2-29-18-5-3-15(4-6-18)20-14-30-21(24-20)25-7-9-26(10-8-25)31(27,28)19-12-16(22)11-17(23)13-19/h4-7,12-15H,2-3,8-11H2,1H3;3-6,11-14H,2,7-10H2,1H3. The van der Waals surface area contributed by atoms with Crippen LogP contribution in [0, 0.1) is 0 Å². The second-order valence-electron chi connectivity index (χ2n) is 14.4. The Balaban J connectivity index is 0.000000186. The van der Waals surface area contributed by atoms with Gasteiger partial charge in [0, 0.05) is 94.3 Å². The highest BCUT2D eigenvalue weighted by Gasteiger charge is 2.31. The molecule has 0 aliphatic carbocycles. The van der Waals surface area contributed by atoms with Crippen molar-refractivity contribution in [2.75, 3.05) is 68.8 Å². The minimum absolute atomic E-state index is 0.116. The van der Waals surface area contributed by atoms with Crippen LogP contribution in [-0.2, 0) is 26.5 Å². The van der Waals surface area contributed by atoms with Gasteiger partial charge >= 0.3 is 0 Å². The summed E-state index contributed by atoms with van der Waals surface area (Å²) in [7, 11) is -7.29. The van der Waals surface area contributed by atoms with Gasteiger partial charge in [-0.1, -0.05) is 84.0 Å². The molecule has 0 radical (unpaired) electrons. The fourth-order valence-corrected chi connectivity index (χ4v) is 13.1. The lowest BCUT2D eigenvalue weighted by atomic mass is 10.1. The van der Waals surface area contributed by atoms with Gasteiger partial charge < -0.3 is 14.5 Å². The summed E-state index contributed by atoms with van der Waals surface area (Å²) >= 11 is 27.1. The van der Waals surface area contributed by atoms with E-state index in [-0.39, 0.29) is 9.79 Å². The fourth-order valence-electron chi connectivity index (χ4n) is 7.00. The molecule has 62 heavy (non-hydrogen) atoms. The molecule has 0 spiro atoms. The number of rotatable bonds is 12. The number of anilines is 2. The molecule has 2 fully saturated rings. The Hall–Kier alpha value is -3.48. The van der Waals surface area contributed by atoms with Gasteiger partial charge in [-0.15, -0.1) is 22.7 Å². The molecule has 4 heterocycles. The Morgan fingerprint density at radius 2 is 0.952 bits per heavy atom.